The second kappa shape index (κ2) is 22.2. The molecule has 9 nitrogen and oxygen atoms in total. The van der Waals surface area contributed by atoms with Crippen LogP contribution in [0.3, 0.4) is 0 Å². The molecule has 0 bridgehead atoms. The normalized spacial score (nSPS) is 23.3. The van der Waals surface area contributed by atoms with Gasteiger partial charge in [0.15, 0.2) is 5.79 Å². The summed E-state index contributed by atoms with van der Waals surface area (Å²) in [6.45, 7) is 5.87. The maximum Gasteiger partial charge on any atom is 0.163 e. The number of benzene rings is 5. The summed E-state index contributed by atoms with van der Waals surface area (Å²) in [7, 11) is 0. The van der Waals surface area contributed by atoms with Crippen LogP contribution in [0.15, 0.2) is 152 Å². The lowest BCUT2D eigenvalue weighted by Gasteiger charge is -2.46. The van der Waals surface area contributed by atoms with Crippen LogP contribution < -0.4 is 0 Å². The molecule has 0 spiro atoms. The molecule has 0 aliphatic carbocycles. The van der Waals surface area contributed by atoms with Gasteiger partial charge in [0, 0.05) is 6.42 Å². The second-order valence-corrected chi connectivity index (χ2v) is 15.6. The molecule has 314 valence electrons. The van der Waals surface area contributed by atoms with E-state index in [2.05, 4.69) is 11.8 Å². The van der Waals surface area contributed by atoms with Gasteiger partial charge in [0.2, 0.25) is 0 Å². The van der Waals surface area contributed by atoms with Gasteiger partial charge in [0.1, 0.15) is 42.7 Å². The smallest absolute Gasteiger partial charge is 0.163 e. The summed E-state index contributed by atoms with van der Waals surface area (Å²) in [5.74, 6) is 5.53. The SMILES string of the molecule is CC1(C)OC[C@@H]([C@@H](OCc2ccccc2)[C@H](O)C#CC[C@H]2O[C@H](COCc3ccccc3)[C@@H](OCc3ccccc3)[C@H](OCc3ccccc3)[C@H]2OCc2ccccc2)O1. The molecule has 2 saturated heterocycles. The minimum atomic E-state index is -1.18. The molecule has 0 amide bonds. The van der Waals surface area contributed by atoms with Crippen molar-refractivity contribution in [2.75, 3.05) is 13.2 Å². The van der Waals surface area contributed by atoms with E-state index in [0.29, 0.717) is 26.4 Å². The van der Waals surface area contributed by atoms with E-state index in [0.717, 1.165) is 27.8 Å². The third-order valence-corrected chi connectivity index (χ3v) is 10.5. The highest BCUT2D eigenvalue weighted by atomic mass is 16.8. The summed E-state index contributed by atoms with van der Waals surface area (Å²) >= 11 is 0. The molecule has 0 saturated carbocycles. The zero-order valence-electron chi connectivity index (χ0n) is 34.4. The van der Waals surface area contributed by atoms with Crippen LogP contribution in [-0.4, -0.2) is 72.9 Å². The van der Waals surface area contributed by atoms with Gasteiger partial charge in [-0.3, -0.25) is 0 Å². The molecule has 60 heavy (non-hydrogen) atoms. The highest BCUT2D eigenvalue weighted by Crippen LogP contribution is 2.33. The lowest BCUT2D eigenvalue weighted by molar-refractivity contribution is -0.271. The Bertz CT molecular complexity index is 2020. The number of hydrogen-bond donors (Lipinski definition) is 1. The van der Waals surface area contributed by atoms with Crippen LogP contribution in [0.5, 0.6) is 0 Å². The molecule has 2 aliphatic rings. The van der Waals surface area contributed by atoms with Crippen molar-refractivity contribution in [1.82, 2.24) is 0 Å². The molecule has 7 rings (SSSR count). The van der Waals surface area contributed by atoms with Crippen molar-refractivity contribution < 1.29 is 43.0 Å². The maximum atomic E-state index is 11.7. The molecular formula is C51H56O9. The number of hydrogen-bond acceptors (Lipinski definition) is 9. The minimum Gasteiger partial charge on any atom is -0.378 e. The fraction of sp³-hybridized carbons (Fsp3) is 0.373. The summed E-state index contributed by atoms with van der Waals surface area (Å²) in [6, 6.07) is 50.0. The lowest BCUT2D eigenvalue weighted by atomic mass is 9.92. The van der Waals surface area contributed by atoms with Crippen molar-refractivity contribution in [3.8, 4) is 11.8 Å². The molecule has 0 radical (unpaired) electrons. The molecular weight excluding hydrogens is 757 g/mol. The van der Waals surface area contributed by atoms with E-state index in [1.165, 1.54) is 0 Å². The van der Waals surface area contributed by atoms with Crippen LogP contribution in [0.2, 0.25) is 0 Å². The van der Waals surface area contributed by atoms with E-state index in [-0.39, 0.29) is 26.2 Å². The maximum absolute atomic E-state index is 11.7. The second-order valence-electron chi connectivity index (χ2n) is 15.6. The zero-order valence-corrected chi connectivity index (χ0v) is 34.4. The van der Waals surface area contributed by atoms with E-state index in [1.807, 2.05) is 166 Å². The number of ether oxygens (including phenoxy) is 8. The predicted octanol–water partition coefficient (Wildman–Crippen LogP) is 8.22. The number of aliphatic hydroxyl groups is 1. The average molecular weight is 813 g/mol. The first-order valence-electron chi connectivity index (χ1n) is 20.8. The monoisotopic (exact) mass is 812 g/mol. The quantitative estimate of drug-likeness (QED) is 0.0829. The zero-order chi connectivity index (χ0) is 41.4. The van der Waals surface area contributed by atoms with Gasteiger partial charge in [-0.05, 0) is 41.7 Å². The van der Waals surface area contributed by atoms with E-state index in [9.17, 15) is 5.11 Å². The van der Waals surface area contributed by atoms with Crippen LogP contribution in [-0.2, 0) is 70.9 Å². The molecule has 2 heterocycles. The van der Waals surface area contributed by atoms with Crippen LogP contribution in [0.25, 0.3) is 0 Å². The number of aliphatic hydroxyl groups excluding tert-OH is 1. The van der Waals surface area contributed by atoms with Gasteiger partial charge < -0.3 is 43.0 Å². The fourth-order valence-electron chi connectivity index (χ4n) is 7.44. The Balaban J connectivity index is 1.17. The molecule has 5 aromatic rings. The molecule has 2 aliphatic heterocycles. The Labute approximate surface area is 354 Å². The first-order chi connectivity index (χ1) is 29.4. The molecule has 9 heteroatoms. The van der Waals surface area contributed by atoms with Gasteiger partial charge in [-0.15, -0.1) is 0 Å². The van der Waals surface area contributed by atoms with Crippen LogP contribution >= 0.6 is 0 Å². The summed E-state index contributed by atoms with van der Waals surface area (Å²) < 4.78 is 52.2. The average Bonchev–Trinajstić information content (AvgIpc) is 3.65. The Morgan fingerprint density at radius 3 is 1.48 bits per heavy atom. The molecule has 8 atom stereocenters. The van der Waals surface area contributed by atoms with Gasteiger partial charge in [0.25, 0.3) is 0 Å². The molecule has 2 fully saturated rings. The summed E-state index contributed by atoms with van der Waals surface area (Å²) in [6.07, 6.45) is -5.13. The first-order valence-corrected chi connectivity index (χ1v) is 20.8. The van der Waals surface area contributed by atoms with Crippen LogP contribution in [0.4, 0.5) is 0 Å². The highest BCUT2D eigenvalue weighted by Gasteiger charge is 2.48. The van der Waals surface area contributed by atoms with Crippen LogP contribution in [0, 0.1) is 11.8 Å². The Kier molecular flexibility index (Phi) is 16.1. The van der Waals surface area contributed by atoms with Gasteiger partial charge >= 0.3 is 0 Å². The van der Waals surface area contributed by atoms with Crippen molar-refractivity contribution in [3.63, 3.8) is 0 Å². The van der Waals surface area contributed by atoms with Gasteiger partial charge in [-0.1, -0.05) is 164 Å². The third-order valence-electron chi connectivity index (χ3n) is 10.5. The van der Waals surface area contributed by atoms with E-state index in [4.69, 9.17) is 37.9 Å². The van der Waals surface area contributed by atoms with E-state index >= 15 is 0 Å². The topological polar surface area (TPSA) is 94.1 Å². The van der Waals surface area contributed by atoms with Gasteiger partial charge in [-0.2, -0.15) is 0 Å². The largest absolute Gasteiger partial charge is 0.378 e. The Morgan fingerprint density at radius 2 is 1.02 bits per heavy atom. The van der Waals surface area contributed by atoms with E-state index in [1.54, 1.807) is 0 Å². The lowest BCUT2D eigenvalue weighted by Crippen LogP contribution is -2.61. The van der Waals surface area contributed by atoms with Crippen LogP contribution in [0.1, 0.15) is 48.1 Å². The van der Waals surface area contributed by atoms with Crippen molar-refractivity contribution in [3.05, 3.63) is 179 Å². The Hall–Kier alpha value is -4.70. The minimum absolute atomic E-state index is 0.223. The van der Waals surface area contributed by atoms with E-state index < -0.39 is 54.6 Å². The molecule has 0 unspecified atom stereocenters. The third kappa shape index (κ3) is 12.9. The standard InChI is InChI=1S/C51H56O9/c1-51(2)58-37-46(60-51)47(54-32-39-21-10-4-11-22-39)43(52)29-18-30-44-48(55-33-40-23-12-5-13-24-40)50(57-35-42-27-16-7-17-28-42)49(56-34-41-25-14-6-15-26-41)45(59-44)36-53-31-38-19-8-3-9-20-38/h3-17,19-28,43-50,52H,30-37H2,1-2H3/t43-,44-,45-,46+,47+,48+,49-,50-/m1/s1. The van der Waals surface area contributed by atoms with Crippen molar-refractivity contribution in [2.45, 2.75) is 108 Å². The molecule has 0 aromatic heterocycles. The highest BCUT2D eigenvalue weighted by molar-refractivity contribution is 5.18. The fourth-order valence-corrected chi connectivity index (χ4v) is 7.44. The van der Waals surface area contributed by atoms with Gasteiger partial charge in [0.05, 0.1) is 52.4 Å². The van der Waals surface area contributed by atoms with Crippen molar-refractivity contribution >= 4 is 0 Å². The summed E-state index contributed by atoms with van der Waals surface area (Å²) in [5, 5.41) is 11.7. The number of rotatable bonds is 19. The molecule has 5 aromatic carbocycles. The Morgan fingerprint density at radius 1 is 0.583 bits per heavy atom. The summed E-state index contributed by atoms with van der Waals surface area (Å²) in [5.41, 5.74) is 5.08. The van der Waals surface area contributed by atoms with Crippen molar-refractivity contribution in [2.24, 2.45) is 0 Å². The molecule has 1 N–H and O–H groups in total. The summed E-state index contributed by atoms with van der Waals surface area (Å²) in [4.78, 5) is 0. The predicted molar refractivity (Wildman–Crippen MR) is 228 cm³/mol. The van der Waals surface area contributed by atoms with Crippen molar-refractivity contribution in [1.29, 1.82) is 0 Å². The van der Waals surface area contributed by atoms with Gasteiger partial charge in [-0.25, -0.2) is 0 Å². The first kappa shape index (κ1) is 43.4.